The van der Waals surface area contributed by atoms with Gasteiger partial charge >= 0.3 is 0 Å². The van der Waals surface area contributed by atoms with Crippen LogP contribution in [0.15, 0.2) is 28.3 Å². The number of rotatable bonds is 2. The molecule has 3 heterocycles. The molecule has 0 bridgehead atoms. The average Bonchev–Trinajstić information content (AvgIpc) is 2.89. The summed E-state index contributed by atoms with van der Waals surface area (Å²) in [5.74, 6) is -0.196. The van der Waals surface area contributed by atoms with E-state index in [2.05, 4.69) is 5.16 Å². The van der Waals surface area contributed by atoms with Crippen LogP contribution in [0.3, 0.4) is 0 Å². The molecule has 0 saturated carbocycles. The maximum absolute atomic E-state index is 12.7. The number of hydrogen-bond donors (Lipinski definition) is 0. The molecule has 1 fully saturated rings. The monoisotopic (exact) mass is 346 g/mol. The lowest BCUT2D eigenvalue weighted by atomic mass is 10.1. The Bertz CT molecular complexity index is 770. The average molecular weight is 346 g/mol. The summed E-state index contributed by atoms with van der Waals surface area (Å²) in [6, 6.07) is 2.94. The van der Waals surface area contributed by atoms with E-state index in [-0.39, 0.29) is 17.4 Å². The van der Waals surface area contributed by atoms with Gasteiger partial charge in [-0.2, -0.15) is 0 Å². The van der Waals surface area contributed by atoms with E-state index >= 15 is 0 Å². The van der Waals surface area contributed by atoms with Gasteiger partial charge in [-0.15, -0.1) is 0 Å². The van der Waals surface area contributed by atoms with Gasteiger partial charge in [-0.25, -0.2) is 0 Å². The highest BCUT2D eigenvalue weighted by Crippen LogP contribution is 2.15. The summed E-state index contributed by atoms with van der Waals surface area (Å²) in [5, 5.41) is 3.83. The lowest BCUT2D eigenvalue weighted by molar-refractivity contribution is -0.141. The minimum atomic E-state index is -0.536. The van der Waals surface area contributed by atoms with Crippen LogP contribution in [-0.2, 0) is 16.7 Å². The summed E-state index contributed by atoms with van der Waals surface area (Å²) < 4.78 is 1.39. The molecule has 1 unspecified atom stereocenters. The number of oxime groups is 1. The van der Waals surface area contributed by atoms with Crippen molar-refractivity contribution in [2.24, 2.45) is 12.2 Å². The zero-order valence-electron chi connectivity index (χ0n) is 14.5. The van der Waals surface area contributed by atoms with Crippen LogP contribution >= 0.6 is 0 Å². The molecule has 2 amide bonds. The van der Waals surface area contributed by atoms with E-state index in [1.54, 1.807) is 29.1 Å². The summed E-state index contributed by atoms with van der Waals surface area (Å²) in [5.41, 5.74) is 1.14. The topological polar surface area (TPSA) is 84.2 Å². The number of hydrogen-bond acceptors (Lipinski definition) is 5. The second-order valence-electron chi connectivity index (χ2n) is 6.46. The highest BCUT2D eigenvalue weighted by Gasteiger charge is 2.32. The molecule has 0 spiro atoms. The van der Waals surface area contributed by atoms with Crippen molar-refractivity contribution in [3.05, 3.63) is 34.2 Å². The van der Waals surface area contributed by atoms with E-state index in [4.69, 9.17) is 4.84 Å². The second kappa shape index (κ2) is 7.08. The predicted molar refractivity (Wildman–Crippen MR) is 91.4 cm³/mol. The molecule has 3 rings (SSSR count). The largest absolute Gasteiger partial charge is 0.382 e. The van der Waals surface area contributed by atoms with E-state index in [9.17, 15) is 14.4 Å². The van der Waals surface area contributed by atoms with Crippen molar-refractivity contribution in [3.63, 3.8) is 0 Å². The molecule has 0 N–H and O–H groups in total. The van der Waals surface area contributed by atoms with Crippen LogP contribution in [0.5, 0.6) is 0 Å². The van der Waals surface area contributed by atoms with Crippen molar-refractivity contribution in [2.75, 3.05) is 26.2 Å². The molecule has 134 valence electrons. The molecule has 0 aliphatic carbocycles. The van der Waals surface area contributed by atoms with Crippen LogP contribution in [-0.4, -0.2) is 64.2 Å². The summed E-state index contributed by atoms with van der Waals surface area (Å²) in [6.07, 6.45) is 2.24. The third kappa shape index (κ3) is 3.72. The normalized spacial score (nSPS) is 20.7. The summed E-state index contributed by atoms with van der Waals surface area (Å²) in [4.78, 5) is 45.3. The third-order valence-corrected chi connectivity index (χ3v) is 4.52. The van der Waals surface area contributed by atoms with Crippen molar-refractivity contribution < 1.29 is 14.4 Å². The van der Waals surface area contributed by atoms with Crippen LogP contribution in [0.4, 0.5) is 0 Å². The van der Waals surface area contributed by atoms with Crippen LogP contribution in [0.25, 0.3) is 0 Å². The fraction of sp³-hybridized carbons (Fsp3) is 0.529. The summed E-state index contributed by atoms with van der Waals surface area (Å²) >= 11 is 0. The van der Waals surface area contributed by atoms with Gasteiger partial charge in [0.25, 0.3) is 11.8 Å². The standard InChI is InChI=1S/C17H22N4O4/c1-12-10-14(25-18-12)17(24)21-7-3-6-20(8-9-21)16(23)13-4-5-15(22)19(2)11-13/h4-5,11,14H,3,6-10H2,1-2H3. The Balaban J connectivity index is 1.63. The Hall–Kier alpha value is -2.64. The summed E-state index contributed by atoms with van der Waals surface area (Å²) in [6.45, 7) is 3.93. The smallest absolute Gasteiger partial charge is 0.266 e. The maximum atomic E-state index is 12.7. The minimum absolute atomic E-state index is 0.0722. The highest BCUT2D eigenvalue weighted by molar-refractivity contribution is 5.94. The molecule has 0 aromatic carbocycles. The Morgan fingerprint density at radius 1 is 1.16 bits per heavy atom. The van der Waals surface area contributed by atoms with Crippen LogP contribution in [0.2, 0.25) is 0 Å². The van der Waals surface area contributed by atoms with Gasteiger partial charge in [-0.1, -0.05) is 5.16 Å². The Morgan fingerprint density at radius 2 is 1.88 bits per heavy atom. The molecule has 2 aliphatic rings. The second-order valence-corrected chi connectivity index (χ2v) is 6.46. The molecule has 8 nitrogen and oxygen atoms in total. The molecule has 1 aromatic heterocycles. The first-order valence-corrected chi connectivity index (χ1v) is 8.40. The lowest BCUT2D eigenvalue weighted by Crippen LogP contribution is -2.42. The number of amides is 2. The van der Waals surface area contributed by atoms with Gasteiger partial charge in [0.1, 0.15) is 0 Å². The van der Waals surface area contributed by atoms with Gasteiger partial charge in [-0.05, 0) is 19.4 Å². The molecule has 25 heavy (non-hydrogen) atoms. The number of pyridine rings is 1. The van der Waals surface area contributed by atoms with Crippen molar-refractivity contribution >= 4 is 17.5 Å². The molecule has 1 aromatic rings. The first-order valence-electron chi connectivity index (χ1n) is 8.40. The van der Waals surface area contributed by atoms with Crippen molar-refractivity contribution in [1.82, 2.24) is 14.4 Å². The van der Waals surface area contributed by atoms with Crippen molar-refractivity contribution in [1.29, 1.82) is 0 Å². The zero-order chi connectivity index (χ0) is 18.0. The Morgan fingerprint density at radius 3 is 2.56 bits per heavy atom. The minimum Gasteiger partial charge on any atom is -0.382 e. The van der Waals surface area contributed by atoms with E-state index in [0.29, 0.717) is 44.6 Å². The Kier molecular flexibility index (Phi) is 4.87. The zero-order valence-corrected chi connectivity index (χ0v) is 14.5. The quantitative estimate of drug-likeness (QED) is 0.767. The predicted octanol–water partition coefficient (Wildman–Crippen LogP) is 0.225. The van der Waals surface area contributed by atoms with Crippen LogP contribution in [0, 0.1) is 0 Å². The Labute approximate surface area is 145 Å². The van der Waals surface area contributed by atoms with Crippen LogP contribution < -0.4 is 5.56 Å². The number of aryl methyl sites for hydroxylation is 1. The van der Waals surface area contributed by atoms with Gasteiger partial charge in [0.15, 0.2) is 0 Å². The molecular weight excluding hydrogens is 324 g/mol. The van der Waals surface area contributed by atoms with E-state index in [0.717, 1.165) is 5.71 Å². The number of aromatic nitrogens is 1. The van der Waals surface area contributed by atoms with Gasteiger partial charge in [0.2, 0.25) is 11.7 Å². The molecular formula is C17H22N4O4. The first kappa shape index (κ1) is 17.2. The molecule has 2 aliphatic heterocycles. The fourth-order valence-corrected chi connectivity index (χ4v) is 3.08. The third-order valence-electron chi connectivity index (χ3n) is 4.52. The lowest BCUT2D eigenvalue weighted by Gasteiger charge is -2.23. The number of carbonyl (C=O) groups excluding carboxylic acids is 2. The SMILES string of the molecule is CC1=NOC(C(=O)N2CCCN(C(=O)c3ccc(=O)n(C)c3)CC2)C1. The number of carbonyl (C=O) groups is 2. The van der Waals surface area contributed by atoms with Crippen LogP contribution in [0.1, 0.15) is 30.1 Å². The van der Waals surface area contributed by atoms with Gasteiger partial charge < -0.3 is 19.2 Å². The number of nitrogens with zero attached hydrogens (tertiary/aromatic N) is 4. The van der Waals surface area contributed by atoms with Crippen molar-refractivity contribution in [3.8, 4) is 0 Å². The summed E-state index contributed by atoms with van der Waals surface area (Å²) in [7, 11) is 1.62. The van der Waals surface area contributed by atoms with E-state index in [1.807, 2.05) is 6.92 Å². The molecule has 1 atom stereocenters. The fourth-order valence-electron chi connectivity index (χ4n) is 3.08. The van der Waals surface area contributed by atoms with Gasteiger partial charge in [-0.3, -0.25) is 14.4 Å². The maximum Gasteiger partial charge on any atom is 0.266 e. The van der Waals surface area contributed by atoms with Crippen molar-refractivity contribution in [2.45, 2.75) is 25.9 Å². The molecule has 1 saturated heterocycles. The van der Waals surface area contributed by atoms with Gasteiger partial charge in [0, 0.05) is 51.9 Å². The first-order chi connectivity index (χ1) is 12.0. The molecule has 0 radical (unpaired) electrons. The van der Waals surface area contributed by atoms with Gasteiger partial charge in [0.05, 0.1) is 11.3 Å². The molecule has 8 heteroatoms. The van der Waals surface area contributed by atoms with E-state index in [1.165, 1.54) is 10.6 Å². The highest BCUT2D eigenvalue weighted by atomic mass is 16.6. The van der Waals surface area contributed by atoms with E-state index < -0.39 is 6.10 Å².